The molecule has 0 saturated carbocycles. The van der Waals surface area contributed by atoms with Crippen molar-refractivity contribution < 1.29 is 19.1 Å². The molecule has 1 atom stereocenters. The van der Waals surface area contributed by atoms with Gasteiger partial charge in [0.2, 0.25) is 5.91 Å². The fourth-order valence-electron chi connectivity index (χ4n) is 2.03. The van der Waals surface area contributed by atoms with Gasteiger partial charge in [0, 0.05) is 20.0 Å². The first kappa shape index (κ1) is 14.8. The Morgan fingerprint density at radius 1 is 1.33 bits per heavy atom. The summed E-state index contributed by atoms with van der Waals surface area (Å²) in [6.45, 7) is 0.335. The smallest absolute Gasteiger partial charge is 0.253 e. The maximum Gasteiger partial charge on any atom is 0.253 e. The van der Waals surface area contributed by atoms with Gasteiger partial charge in [0.25, 0.3) is 11.8 Å². The number of nitrogens with zero attached hydrogens (tertiary/aromatic N) is 1. The molecule has 0 radical (unpaired) electrons. The van der Waals surface area contributed by atoms with E-state index in [1.54, 1.807) is 19.2 Å². The number of carbonyl (C=O) groups excluding carboxylic acids is 3. The van der Waals surface area contributed by atoms with Crippen LogP contribution in [0, 0.1) is 5.92 Å². The number of amides is 3. The molecular weight excluding hydrogens is 274 g/mol. The molecule has 1 fully saturated rings. The highest BCUT2D eigenvalue weighted by molar-refractivity contribution is 6.07. The first-order valence-electron chi connectivity index (χ1n) is 6.49. The molecule has 0 aliphatic carbocycles. The number of hydrogen-bond acceptors (Lipinski definition) is 4. The zero-order chi connectivity index (χ0) is 15.4. The minimum Gasteiger partial charge on any atom is -0.497 e. The summed E-state index contributed by atoms with van der Waals surface area (Å²) in [5, 5.41) is 3.79. The molecule has 0 aromatic heterocycles. The Morgan fingerprint density at radius 2 is 2.00 bits per heavy atom. The lowest BCUT2D eigenvalue weighted by atomic mass is 10.0. The predicted molar refractivity (Wildman–Crippen MR) is 73.9 cm³/mol. The normalized spacial score (nSPS) is 17.6. The van der Waals surface area contributed by atoms with Gasteiger partial charge in [-0.05, 0) is 17.7 Å². The van der Waals surface area contributed by atoms with Crippen LogP contribution in [0.5, 0.6) is 5.75 Å². The zero-order valence-corrected chi connectivity index (χ0v) is 11.9. The number of hydrazine groups is 1. The second-order valence-corrected chi connectivity index (χ2v) is 4.75. The highest BCUT2D eigenvalue weighted by Gasteiger charge is 2.38. The molecule has 1 saturated heterocycles. The van der Waals surface area contributed by atoms with E-state index in [1.165, 1.54) is 7.05 Å². The monoisotopic (exact) mass is 291 g/mol. The van der Waals surface area contributed by atoms with Crippen molar-refractivity contribution in [2.45, 2.75) is 13.0 Å². The van der Waals surface area contributed by atoms with Crippen LogP contribution in [0.1, 0.15) is 12.0 Å². The van der Waals surface area contributed by atoms with Crippen molar-refractivity contribution in [1.29, 1.82) is 0 Å². The van der Waals surface area contributed by atoms with E-state index >= 15 is 0 Å². The average molecular weight is 291 g/mol. The first-order valence-corrected chi connectivity index (χ1v) is 6.49. The summed E-state index contributed by atoms with van der Waals surface area (Å²) in [4.78, 5) is 35.0. The molecule has 1 aromatic rings. The van der Waals surface area contributed by atoms with Crippen molar-refractivity contribution in [2.75, 3.05) is 14.2 Å². The molecule has 1 aromatic carbocycles. The molecule has 1 aliphatic heterocycles. The predicted octanol–water partition coefficient (Wildman–Crippen LogP) is -0.179. The fourth-order valence-corrected chi connectivity index (χ4v) is 2.03. The lowest BCUT2D eigenvalue weighted by Gasteiger charge is -2.08. The second-order valence-electron chi connectivity index (χ2n) is 4.75. The van der Waals surface area contributed by atoms with Crippen molar-refractivity contribution >= 4 is 17.7 Å². The van der Waals surface area contributed by atoms with Gasteiger partial charge in [-0.3, -0.25) is 24.8 Å². The number of rotatable bonds is 5. The summed E-state index contributed by atoms with van der Waals surface area (Å²) >= 11 is 0. The highest BCUT2D eigenvalue weighted by atomic mass is 16.5. The van der Waals surface area contributed by atoms with E-state index in [0.717, 1.165) is 16.3 Å². The van der Waals surface area contributed by atoms with E-state index in [0.29, 0.717) is 6.54 Å². The maximum atomic E-state index is 11.8. The fraction of sp³-hybridized carbons (Fsp3) is 0.357. The van der Waals surface area contributed by atoms with Gasteiger partial charge in [-0.15, -0.1) is 0 Å². The van der Waals surface area contributed by atoms with Gasteiger partial charge in [-0.2, -0.15) is 0 Å². The number of methoxy groups -OCH3 is 1. The van der Waals surface area contributed by atoms with Gasteiger partial charge in [-0.1, -0.05) is 12.1 Å². The third kappa shape index (κ3) is 3.50. The van der Waals surface area contributed by atoms with Crippen LogP contribution in [0.3, 0.4) is 0 Å². The van der Waals surface area contributed by atoms with Crippen molar-refractivity contribution in [3.8, 4) is 5.75 Å². The first-order chi connectivity index (χ1) is 10.0. The van der Waals surface area contributed by atoms with E-state index < -0.39 is 11.8 Å². The van der Waals surface area contributed by atoms with E-state index in [1.807, 2.05) is 12.1 Å². The Bertz CT molecular complexity index is 556. The van der Waals surface area contributed by atoms with Crippen molar-refractivity contribution in [3.63, 3.8) is 0 Å². The largest absolute Gasteiger partial charge is 0.497 e. The number of nitrogens with one attached hydrogen (secondary N) is 2. The molecule has 7 nitrogen and oxygen atoms in total. The quantitative estimate of drug-likeness (QED) is 0.737. The summed E-state index contributed by atoms with van der Waals surface area (Å²) in [7, 11) is 3.03. The topological polar surface area (TPSA) is 87.7 Å². The van der Waals surface area contributed by atoms with Crippen molar-refractivity contribution in [2.24, 2.45) is 5.92 Å². The van der Waals surface area contributed by atoms with Gasteiger partial charge >= 0.3 is 0 Å². The minimum atomic E-state index is -0.939. The molecule has 0 bridgehead atoms. The third-order valence-corrected chi connectivity index (χ3v) is 3.26. The highest BCUT2D eigenvalue weighted by Crippen LogP contribution is 2.14. The maximum absolute atomic E-state index is 11.8. The van der Waals surface area contributed by atoms with Gasteiger partial charge in [0.15, 0.2) is 0 Å². The summed E-state index contributed by atoms with van der Waals surface area (Å²) in [5.74, 6) is -1.37. The number of hydrogen-bond donors (Lipinski definition) is 2. The average Bonchev–Trinajstić information content (AvgIpc) is 2.72. The molecular formula is C14H17N3O4. The molecule has 7 heteroatoms. The van der Waals surface area contributed by atoms with Crippen molar-refractivity contribution in [3.05, 3.63) is 29.8 Å². The van der Waals surface area contributed by atoms with Gasteiger partial charge in [0.1, 0.15) is 11.7 Å². The third-order valence-electron chi connectivity index (χ3n) is 3.26. The Hall–Kier alpha value is -2.57. The van der Waals surface area contributed by atoms with Crippen LogP contribution in [-0.4, -0.2) is 36.9 Å². The molecule has 3 amide bonds. The summed E-state index contributed by atoms with van der Waals surface area (Å²) in [6.07, 6.45) is -0.148. The minimum absolute atomic E-state index is 0.148. The molecule has 1 aliphatic rings. The van der Waals surface area contributed by atoms with Gasteiger partial charge in [0.05, 0.1) is 7.11 Å². The summed E-state index contributed by atoms with van der Waals surface area (Å²) in [6, 6.07) is 7.26. The molecule has 1 heterocycles. The summed E-state index contributed by atoms with van der Waals surface area (Å²) in [5.41, 5.74) is 3.27. The van der Waals surface area contributed by atoms with Crippen molar-refractivity contribution in [1.82, 2.24) is 15.8 Å². The van der Waals surface area contributed by atoms with Crippen LogP contribution in [0.2, 0.25) is 0 Å². The van der Waals surface area contributed by atoms with Crippen LogP contribution in [0.15, 0.2) is 24.3 Å². The Morgan fingerprint density at radius 3 is 2.52 bits per heavy atom. The van der Waals surface area contributed by atoms with Crippen LogP contribution in [-0.2, 0) is 20.9 Å². The number of carbonyl (C=O) groups is 3. The van der Waals surface area contributed by atoms with Crippen LogP contribution in [0.4, 0.5) is 0 Å². The van der Waals surface area contributed by atoms with E-state index in [2.05, 4.69) is 10.7 Å². The van der Waals surface area contributed by atoms with Crippen LogP contribution >= 0.6 is 0 Å². The van der Waals surface area contributed by atoms with E-state index in [9.17, 15) is 14.4 Å². The molecule has 112 valence electrons. The number of ether oxygens (including phenoxy) is 1. The van der Waals surface area contributed by atoms with Crippen LogP contribution in [0.25, 0.3) is 0 Å². The molecule has 1 unspecified atom stereocenters. The Balaban J connectivity index is 1.84. The SMILES string of the molecule is COc1ccc(CNC(=O)CC2C(=O)NN(C)C2=O)cc1. The lowest BCUT2D eigenvalue weighted by Crippen LogP contribution is -2.31. The van der Waals surface area contributed by atoms with Gasteiger partial charge in [-0.25, -0.2) is 0 Å². The molecule has 2 rings (SSSR count). The molecule has 2 N–H and O–H groups in total. The lowest BCUT2D eigenvalue weighted by molar-refractivity contribution is -0.135. The molecule has 21 heavy (non-hydrogen) atoms. The standard InChI is InChI=1S/C14H17N3O4/c1-17-14(20)11(13(19)16-17)7-12(18)15-8-9-3-5-10(21-2)6-4-9/h3-6,11H,7-8H2,1-2H3,(H,15,18)(H,16,19). The second kappa shape index (κ2) is 6.25. The van der Waals surface area contributed by atoms with Crippen LogP contribution < -0.4 is 15.5 Å². The van der Waals surface area contributed by atoms with Gasteiger partial charge < -0.3 is 10.1 Å². The zero-order valence-electron chi connectivity index (χ0n) is 11.9. The summed E-state index contributed by atoms with van der Waals surface area (Å²) < 4.78 is 5.04. The van der Waals surface area contributed by atoms with E-state index in [4.69, 9.17) is 4.74 Å². The Labute approximate surface area is 122 Å². The Kier molecular flexibility index (Phi) is 4.42. The number of benzene rings is 1. The van der Waals surface area contributed by atoms with E-state index in [-0.39, 0.29) is 18.2 Å². The molecule has 0 spiro atoms.